The van der Waals surface area contributed by atoms with Crippen LogP contribution in [0.25, 0.3) is 5.69 Å². The summed E-state index contributed by atoms with van der Waals surface area (Å²) in [4.78, 5) is 27.9. The van der Waals surface area contributed by atoms with Gasteiger partial charge in [-0.25, -0.2) is 9.18 Å². The zero-order valence-electron chi connectivity index (χ0n) is 15.4. The molecule has 30 heavy (non-hydrogen) atoms. The minimum Gasteiger partial charge on any atom is -0.311 e. The van der Waals surface area contributed by atoms with E-state index in [-0.39, 0.29) is 12.2 Å². The number of halogens is 2. The fraction of sp³-hybridized carbons (Fsp3) is 0.100. The molecule has 0 atom stereocenters. The van der Waals surface area contributed by atoms with Crippen molar-refractivity contribution in [3.63, 3.8) is 0 Å². The highest BCUT2D eigenvalue weighted by Crippen LogP contribution is 2.26. The molecule has 0 aliphatic heterocycles. The highest BCUT2D eigenvalue weighted by atomic mass is 35.5. The van der Waals surface area contributed by atoms with Crippen LogP contribution < -0.4 is 11.2 Å². The molecule has 4 aromatic rings. The van der Waals surface area contributed by atoms with Crippen molar-refractivity contribution in [2.75, 3.05) is 0 Å². The van der Waals surface area contributed by atoms with Crippen LogP contribution in [0.3, 0.4) is 0 Å². The summed E-state index contributed by atoms with van der Waals surface area (Å²) in [6.45, 7) is 0. The molecule has 0 aliphatic carbocycles. The summed E-state index contributed by atoms with van der Waals surface area (Å²) in [6.07, 6.45) is 0.200. The summed E-state index contributed by atoms with van der Waals surface area (Å²) in [5.41, 5.74) is 1.07. The van der Waals surface area contributed by atoms with Gasteiger partial charge in [-0.15, -0.1) is 10.2 Å². The molecule has 7 nitrogen and oxygen atoms in total. The van der Waals surface area contributed by atoms with Crippen molar-refractivity contribution < 1.29 is 4.39 Å². The summed E-state index contributed by atoms with van der Waals surface area (Å²) >= 11 is 7.45. The van der Waals surface area contributed by atoms with Crippen LogP contribution in [-0.4, -0.2) is 24.7 Å². The van der Waals surface area contributed by atoms with E-state index in [1.165, 1.54) is 30.0 Å². The zero-order valence-corrected chi connectivity index (χ0v) is 17.0. The van der Waals surface area contributed by atoms with Gasteiger partial charge in [0, 0.05) is 34.6 Å². The molecule has 0 spiro atoms. The van der Waals surface area contributed by atoms with Crippen LogP contribution in [0.5, 0.6) is 0 Å². The van der Waals surface area contributed by atoms with Crippen molar-refractivity contribution in [2.45, 2.75) is 17.3 Å². The van der Waals surface area contributed by atoms with E-state index in [0.29, 0.717) is 27.5 Å². The Morgan fingerprint density at radius 3 is 2.43 bits per heavy atom. The SMILES string of the molecule is O=c1cc(Cc2nnc(SCc3ccc(F)cc3)n2-c2ccc(Cl)cc2)[nH]c(=O)[nH]1. The van der Waals surface area contributed by atoms with Crippen LogP contribution in [0.15, 0.2) is 69.3 Å². The first-order chi connectivity index (χ1) is 14.5. The Balaban J connectivity index is 1.69. The van der Waals surface area contributed by atoms with Gasteiger partial charge in [-0.1, -0.05) is 35.5 Å². The maximum absolute atomic E-state index is 13.1. The fourth-order valence-electron chi connectivity index (χ4n) is 2.87. The molecule has 2 aromatic heterocycles. The third kappa shape index (κ3) is 4.69. The second-order valence-electron chi connectivity index (χ2n) is 6.42. The largest absolute Gasteiger partial charge is 0.325 e. The normalized spacial score (nSPS) is 11.0. The van der Waals surface area contributed by atoms with Gasteiger partial charge in [0.2, 0.25) is 0 Å². The second-order valence-corrected chi connectivity index (χ2v) is 7.79. The molecule has 10 heteroatoms. The third-order valence-electron chi connectivity index (χ3n) is 4.23. The summed E-state index contributed by atoms with van der Waals surface area (Å²) < 4.78 is 15.0. The van der Waals surface area contributed by atoms with Crippen LogP contribution in [-0.2, 0) is 12.2 Å². The molecular weight excluding hydrogens is 429 g/mol. The lowest BCUT2D eigenvalue weighted by atomic mass is 10.2. The van der Waals surface area contributed by atoms with Gasteiger partial charge >= 0.3 is 5.69 Å². The van der Waals surface area contributed by atoms with Crippen molar-refractivity contribution in [3.8, 4) is 5.69 Å². The molecule has 2 N–H and O–H groups in total. The number of thioether (sulfide) groups is 1. The van der Waals surface area contributed by atoms with Gasteiger partial charge in [-0.3, -0.25) is 14.3 Å². The lowest BCUT2D eigenvalue weighted by Crippen LogP contribution is -2.23. The van der Waals surface area contributed by atoms with Crippen LogP contribution in [0.4, 0.5) is 4.39 Å². The molecule has 0 radical (unpaired) electrons. The number of hydrogen-bond donors (Lipinski definition) is 2. The lowest BCUT2D eigenvalue weighted by molar-refractivity contribution is 0.627. The van der Waals surface area contributed by atoms with E-state index >= 15 is 0 Å². The predicted octanol–water partition coefficient (Wildman–Crippen LogP) is 3.32. The molecule has 2 heterocycles. The van der Waals surface area contributed by atoms with Crippen LogP contribution in [0, 0.1) is 5.82 Å². The first kappa shape index (κ1) is 20.1. The quantitative estimate of drug-likeness (QED) is 0.446. The van der Waals surface area contributed by atoms with Gasteiger partial charge in [0.05, 0.1) is 0 Å². The van der Waals surface area contributed by atoms with Crippen molar-refractivity contribution in [3.05, 3.63) is 103 Å². The zero-order chi connectivity index (χ0) is 21.1. The average Bonchev–Trinajstić information content (AvgIpc) is 3.10. The fourth-order valence-corrected chi connectivity index (χ4v) is 3.92. The van der Waals surface area contributed by atoms with Gasteiger partial charge in [0.25, 0.3) is 5.56 Å². The number of aromatic nitrogens is 5. The van der Waals surface area contributed by atoms with Crippen molar-refractivity contribution in [1.82, 2.24) is 24.7 Å². The highest BCUT2D eigenvalue weighted by Gasteiger charge is 2.16. The number of benzene rings is 2. The predicted molar refractivity (Wildman–Crippen MR) is 113 cm³/mol. The second kappa shape index (κ2) is 8.68. The maximum Gasteiger partial charge on any atom is 0.325 e. The van der Waals surface area contributed by atoms with Crippen molar-refractivity contribution in [2.24, 2.45) is 0 Å². The number of aromatic amines is 2. The first-order valence-electron chi connectivity index (χ1n) is 8.88. The van der Waals surface area contributed by atoms with Gasteiger partial charge in [-0.2, -0.15) is 0 Å². The molecular formula is C20H15ClFN5O2S. The molecule has 152 valence electrons. The van der Waals surface area contributed by atoms with Crippen molar-refractivity contribution in [1.29, 1.82) is 0 Å². The van der Waals surface area contributed by atoms with E-state index in [4.69, 9.17) is 11.6 Å². The topological polar surface area (TPSA) is 96.4 Å². The number of rotatable bonds is 6. The van der Waals surface area contributed by atoms with E-state index in [9.17, 15) is 14.0 Å². The van der Waals surface area contributed by atoms with Crippen molar-refractivity contribution >= 4 is 23.4 Å². The monoisotopic (exact) mass is 443 g/mol. The molecule has 2 aromatic carbocycles. The minimum absolute atomic E-state index is 0.200. The number of nitrogens with one attached hydrogen (secondary N) is 2. The van der Waals surface area contributed by atoms with E-state index in [0.717, 1.165) is 11.3 Å². The van der Waals surface area contributed by atoms with Crippen LogP contribution >= 0.6 is 23.4 Å². The number of nitrogens with zero attached hydrogens (tertiary/aromatic N) is 3. The minimum atomic E-state index is -0.582. The maximum atomic E-state index is 13.1. The molecule has 0 aliphatic rings. The average molecular weight is 444 g/mol. The van der Waals surface area contributed by atoms with Crippen LogP contribution in [0.1, 0.15) is 17.1 Å². The van der Waals surface area contributed by atoms with Gasteiger partial charge in [-0.05, 0) is 42.0 Å². The van der Waals surface area contributed by atoms with E-state index in [1.807, 2.05) is 16.7 Å². The molecule has 0 amide bonds. The molecule has 0 saturated heterocycles. The number of hydrogen-bond acceptors (Lipinski definition) is 5. The Hall–Kier alpha value is -3.17. The summed E-state index contributed by atoms with van der Waals surface area (Å²) in [5, 5.41) is 9.75. The molecule has 0 bridgehead atoms. The lowest BCUT2D eigenvalue weighted by Gasteiger charge is -2.10. The number of H-pyrrole nitrogens is 2. The first-order valence-corrected chi connectivity index (χ1v) is 10.2. The summed E-state index contributed by atoms with van der Waals surface area (Å²) in [7, 11) is 0. The molecule has 0 fully saturated rings. The Morgan fingerprint density at radius 1 is 1.00 bits per heavy atom. The Morgan fingerprint density at radius 2 is 1.73 bits per heavy atom. The van der Waals surface area contributed by atoms with E-state index in [1.54, 1.807) is 24.3 Å². The summed E-state index contributed by atoms with van der Waals surface area (Å²) in [5.74, 6) is 0.816. The Labute approximate surface area is 179 Å². The molecule has 0 unspecified atom stereocenters. The molecule has 0 saturated carbocycles. The van der Waals surface area contributed by atoms with Crippen LogP contribution in [0.2, 0.25) is 5.02 Å². The van der Waals surface area contributed by atoms with Gasteiger partial charge < -0.3 is 4.98 Å². The Kier molecular flexibility index (Phi) is 5.82. The summed E-state index contributed by atoms with van der Waals surface area (Å²) in [6, 6.07) is 14.7. The van der Waals surface area contributed by atoms with E-state index in [2.05, 4.69) is 20.2 Å². The van der Waals surface area contributed by atoms with E-state index < -0.39 is 11.2 Å². The Bertz CT molecular complexity index is 1250. The third-order valence-corrected chi connectivity index (χ3v) is 5.48. The van der Waals surface area contributed by atoms with Gasteiger partial charge in [0.15, 0.2) is 5.16 Å². The standard InChI is InChI=1S/C20H15ClFN5O2S/c21-13-3-7-16(8-4-13)27-17(9-15-10-18(28)24-19(29)23-15)25-26-20(27)30-11-12-1-5-14(22)6-2-12/h1-8,10H,9,11H2,(H2,23,24,28,29). The molecule has 4 rings (SSSR count). The van der Waals surface area contributed by atoms with Gasteiger partial charge in [0.1, 0.15) is 11.6 Å². The smallest absolute Gasteiger partial charge is 0.311 e. The highest BCUT2D eigenvalue weighted by molar-refractivity contribution is 7.98.